The fraction of sp³-hybridized carbons (Fsp3) is 0.929. The maximum Gasteiger partial charge on any atom is 0.224 e. The Bertz CT molecular complexity index is 264. The fourth-order valence-corrected chi connectivity index (χ4v) is 2.99. The summed E-state index contributed by atoms with van der Waals surface area (Å²) in [5.41, 5.74) is 0. The second-order valence-electron chi connectivity index (χ2n) is 5.79. The van der Waals surface area contributed by atoms with Crippen LogP contribution in [0.15, 0.2) is 0 Å². The molecule has 0 aliphatic carbocycles. The van der Waals surface area contributed by atoms with Crippen molar-refractivity contribution in [3.63, 3.8) is 0 Å². The Hall–Kier alpha value is -0.610. The highest BCUT2D eigenvalue weighted by Gasteiger charge is 2.28. The summed E-state index contributed by atoms with van der Waals surface area (Å²) in [7, 11) is 0. The summed E-state index contributed by atoms with van der Waals surface area (Å²) in [5, 5.41) is 6.37. The molecule has 4 heteroatoms. The zero-order valence-corrected chi connectivity index (χ0v) is 11.6. The molecule has 2 aliphatic rings. The number of rotatable bonds is 5. The molecule has 2 N–H and O–H groups in total. The van der Waals surface area contributed by atoms with Gasteiger partial charge in [0.1, 0.15) is 0 Å². The van der Waals surface area contributed by atoms with E-state index in [1.807, 2.05) is 0 Å². The lowest BCUT2D eigenvalue weighted by atomic mass is 9.97. The highest BCUT2D eigenvalue weighted by molar-refractivity contribution is 5.79. The van der Waals surface area contributed by atoms with Crippen LogP contribution < -0.4 is 10.6 Å². The second kappa shape index (κ2) is 7.10. The van der Waals surface area contributed by atoms with Crippen LogP contribution in [0.1, 0.15) is 32.6 Å². The minimum atomic E-state index is 0.181. The Morgan fingerprint density at radius 2 is 2.06 bits per heavy atom. The first-order valence-electron chi connectivity index (χ1n) is 7.48. The molecule has 0 aromatic rings. The molecule has 0 spiro atoms. The zero-order chi connectivity index (χ0) is 12.8. The SMILES string of the molecule is CC1CNCC1C(=O)NCCCN1CCCCC1. The smallest absolute Gasteiger partial charge is 0.224 e. The van der Waals surface area contributed by atoms with Crippen LogP contribution in [-0.4, -0.2) is 50.1 Å². The van der Waals surface area contributed by atoms with Crippen LogP contribution in [0.2, 0.25) is 0 Å². The minimum absolute atomic E-state index is 0.181. The molecule has 2 unspecified atom stereocenters. The van der Waals surface area contributed by atoms with Crippen molar-refractivity contribution in [3.05, 3.63) is 0 Å². The van der Waals surface area contributed by atoms with Gasteiger partial charge in [-0.25, -0.2) is 0 Å². The average Bonchev–Trinajstić information content (AvgIpc) is 2.82. The lowest BCUT2D eigenvalue weighted by Crippen LogP contribution is -2.37. The summed E-state index contributed by atoms with van der Waals surface area (Å²) in [5.74, 6) is 0.901. The minimum Gasteiger partial charge on any atom is -0.356 e. The van der Waals surface area contributed by atoms with E-state index in [0.29, 0.717) is 5.92 Å². The monoisotopic (exact) mass is 253 g/mol. The van der Waals surface area contributed by atoms with E-state index in [2.05, 4.69) is 22.5 Å². The number of likely N-dealkylation sites (tertiary alicyclic amines) is 1. The first-order chi connectivity index (χ1) is 8.77. The van der Waals surface area contributed by atoms with Gasteiger partial charge in [-0.05, 0) is 51.4 Å². The van der Waals surface area contributed by atoms with Crippen LogP contribution in [0.25, 0.3) is 0 Å². The predicted octanol–water partition coefficient (Wildman–Crippen LogP) is 0.834. The van der Waals surface area contributed by atoms with Crippen molar-refractivity contribution in [2.24, 2.45) is 11.8 Å². The van der Waals surface area contributed by atoms with Gasteiger partial charge < -0.3 is 15.5 Å². The van der Waals surface area contributed by atoms with Gasteiger partial charge in [0.05, 0.1) is 5.92 Å². The van der Waals surface area contributed by atoms with E-state index in [9.17, 15) is 4.79 Å². The molecule has 104 valence electrons. The average molecular weight is 253 g/mol. The van der Waals surface area contributed by atoms with Crippen molar-refractivity contribution in [1.29, 1.82) is 0 Å². The highest BCUT2D eigenvalue weighted by atomic mass is 16.1. The van der Waals surface area contributed by atoms with E-state index in [1.54, 1.807) is 0 Å². The summed E-state index contributed by atoms with van der Waals surface area (Å²) in [4.78, 5) is 14.5. The summed E-state index contributed by atoms with van der Waals surface area (Å²) in [6.45, 7) is 8.44. The van der Waals surface area contributed by atoms with Gasteiger partial charge in [0.15, 0.2) is 0 Å². The van der Waals surface area contributed by atoms with Gasteiger partial charge in [0.25, 0.3) is 0 Å². The topological polar surface area (TPSA) is 44.4 Å². The third-order valence-electron chi connectivity index (χ3n) is 4.25. The molecule has 2 saturated heterocycles. The number of nitrogens with one attached hydrogen (secondary N) is 2. The lowest BCUT2D eigenvalue weighted by molar-refractivity contribution is -0.125. The molecule has 0 radical (unpaired) electrons. The summed E-state index contributed by atoms with van der Waals surface area (Å²) >= 11 is 0. The van der Waals surface area contributed by atoms with Crippen molar-refractivity contribution in [3.8, 4) is 0 Å². The first kappa shape index (κ1) is 13.8. The summed E-state index contributed by atoms with van der Waals surface area (Å²) < 4.78 is 0. The molecule has 0 bridgehead atoms. The van der Waals surface area contributed by atoms with Crippen LogP contribution in [0.5, 0.6) is 0 Å². The molecule has 1 amide bonds. The third-order valence-corrected chi connectivity index (χ3v) is 4.25. The van der Waals surface area contributed by atoms with Crippen molar-refractivity contribution in [2.45, 2.75) is 32.6 Å². The number of hydrogen-bond donors (Lipinski definition) is 2. The normalized spacial score (nSPS) is 29.4. The van der Waals surface area contributed by atoms with E-state index >= 15 is 0 Å². The molecule has 18 heavy (non-hydrogen) atoms. The van der Waals surface area contributed by atoms with E-state index in [1.165, 1.54) is 32.4 Å². The van der Waals surface area contributed by atoms with Crippen molar-refractivity contribution < 1.29 is 4.79 Å². The third kappa shape index (κ3) is 3.95. The van der Waals surface area contributed by atoms with Crippen LogP contribution in [-0.2, 0) is 4.79 Å². The number of piperidine rings is 1. The largest absolute Gasteiger partial charge is 0.356 e. The Balaban J connectivity index is 1.56. The quantitative estimate of drug-likeness (QED) is 0.714. The Morgan fingerprint density at radius 1 is 1.28 bits per heavy atom. The molecule has 4 nitrogen and oxygen atoms in total. The standard InChI is InChI=1S/C14H27N3O/c1-12-10-15-11-13(12)14(18)16-6-5-9-17-7-3-2-4-8-17/h12-13,15H,2-11H2,1H3,(H,16,18). The number of amides is 1. The molecule has 2 rings (SSSR count). The van der Waals surface area contributed by atoms with Gasteiger partial charge in [-0.15, -0.1) is 0 Å². The second-order valence-corrected chi connectivity index (χ2v) is 5.79. The first-order valence-corrected chi connectivity index (χ1v) is 7.48. The Kier molecular flexibility index (Phi) is 5.45. The highest BCUT2D eigenvalue weighted by Crippen LogP contribution is 2.15. The number of carbonyl (C=O) groups is 1. The summed E-state index contributed by atoms with van der Waals surface area (Å²) in [6.07, 6.45) is 5.16. The van der Waals surface area contributed by atoms with Crippen molar-refractivity contribution in [1.82, 2.24) is 15.5 Å². The number of nitrogens with zero attached hydrogens (tertiary/aromatic N) is 1. The van der Waals surface area contributed by atoms with E-state index < -0.39 is 0 Å². The van der Waals surface area contributed by atoms with Gasteiger partial charge in [-0.2, -0.15) is 0 Å². The van der Waals surface area contributed by atoms with E-state index in [-0.39, 0.29) is 11.8 Å². The van der Waals surface area contributed by atoms with Crippen LogP contribution >= 0.6 is 0 Å². The van der Waals surface area contributed by atoms with Gasteiger partial charge in [0, 0.05) is 13.1 Å². The van der Waals surface area contributed by atoms with E-state index in [4.69, 9.17) is 0 Å². The molecule has 2 fully saturated rings. The molecule has 2 aliphatic heterocycles. The van der Waals surface area contributed by atoms with Gasteiger partial charge in [-0.1, -0.05) is 13.3 Å². The van der Waals surface area contributed by atoms with Gasteiger partial charge in [-0.3, -0.25) is 4.79 Å². The van der Waals surface area contributed by atoms with Crippen molar-refractivity contribution >= 4 is 5.91 Å². The van der Waals surface area contributed by atoms with Crippen LogP contribution in [0.3, 0.4) is 0 Å². The fourth-order valence-electron chi connectivity index (χ4n) is 2.99. The van der Waals surface area contributed by atoms with Gasteiger partial charge >= 0.3 is 0 Å². The lowest BCUT2D eigenvalue weighted by Gasteiger charge is -2.26. The molecule has 0 saturated carbocycles. The van der Waals surface area contributed by atoms with Crippen LogP contribution in [0, 0.1) is 11.8 Å². The molecular weight excluding hydrogens is 226 g/mol. The van der Waals surface area contributed by atoms with Crippen molar-refractivity contribution in [2.75, 3.05) is 39.3 Å². The molecule has 0 aromatic carbocycles. The predicted molar refractivity (Wildman–Crippen MR) is 73.4 cm³/mol. The molecule has 2 heterocycles. The Labute approximate surface area is 110 Å². The number of hydrogen-bond acceptors (Lipinski definition) is 3. The number of carbonyl (C=O) groups excluding carboxylic acids is 1. The maximum atomic E-state index is 11.9. The molecule has 2 atom stereocenters. The Morgan fingerprint density at radius 3 is 2.72 bits per heavy atom. The maximum absolute atomic E-state index is 11.9. The molecular formula is C14H27N3O. The molecule has 0 aromatic heterocycles. The van der Waals surface area contributed by atoms with E-state index in [0.717, 1.165) is 32.6 Å². The summed E-state index contributed by atoms with van der Waals surface area (Å²) in [6, 6.07) is 0. The van der Waals surface area contributed by atoms with Crippen LogP contribution in [0.4, 0.5) is 0 Å². The van der Waals surface area contributed by atoms with Gasteiger partial charge in [0.2, 0.25) is 5.91 Å². The zero-order valence-electron chi connectivity index (χ0n) is 11.6.